The number of aliphatic hydroxyl groups excluding tert-OH is 1. The third kappa shape index (κ3) is 4.36. The second kappa shape index (κ2) is 9.96. The van der Waals surface area contributed by atoms with E-state index in [2.05, 4.69) is 38.7 Å². The fourth-order valence-corrected chi connectivity index (χ4v) is 5.32. The fourth-order valence-electron chi connectivity index (χ4n) is 5.08. The molecule has 4 aromatic rings. The van der Waals surface area contributed by atoms with E-state index in [0.717, 1.165) is 70.8 Å². The second-order valence-electron chi connectivity index (χ2n) is 9.64. The number of aliphatic hydroxyl groups is 1. The number of aromatic nitrogens is 2. The van der Waals surface area contributed by atoms with Gasteiger partial charge in [0, 0.05) is 62.0 Å². The summed E-state index contributed by atoms with van der Waals surface area (Å²) in [6.07, 6.45) is 1.74. The van der Waals surface area contributed by atoms with Crippen molar-refractivity contribution < 1.29 is 9.90 Å². The topological polar surface area (TPSA) is 61.6 Å². The van der Waals surface area contributed by atoms with E-state index in [-0.39, 0.29) is 18.4 Å². The molecule has 7 heteroatoms. The number of anilines is 1. The lowest BCUT2D eigenvalue weighted by atomic mass is 9.97. The van der Waals surface area contributed by atoms with Gasteiger partial charge in [-0.1, -0.05) is 61.8 Å². The number of pyridine rings is 1. The minimum Gasteiger partial charge on any atom is -0.392 e. The molecule has 2 aromatic carbocycles. The first kappa shape index (κ1) is 24.3. The summed E-state index contributed by atoms with van der Waals surface area (Å²) < 4.78 is 2.10. The van der Waals surface area contributed by atoms with Crippen molar-refractivity contribution in [2.24, 2.45) is 13.0 Å². The molecule has 1 N–H and O–H groups in total. The highest BCUT2D eigenvalue weighted by molar-refractivity contribution is 6.37. The Labute approximate surface area is 216 Å². The van der Waals surface area contributed by atoms with Gasteiger partial charge in [-0.3, -0.25) is 4.79 Å². The smallest absolute Gasteiger partial charge is 0.225 e. The molecule has 0 aliphatic carbocycles. The van der Waals surface area contributed by atoms with Crippen molar-refractivity contribution >= 4 is 34.2 Å². The summed E-state index contributed by atoms with van der Waals surface area (Å²) in [5.74, 6) is 0.265. The van der Waals surface area contributed by atoms with Crippen LogP contribution < -0.4 is 4.90 Å². The van der Waals surface area contributed by atoms with Crippen LogP contribution in [0.4, 0.5) is 5.69 Å². The number of carbonyl (C=O) groups excluding carboxylic acids is 1. The third-order valence-corrected chi connectivity index (χ3v) is 7.35. The maximum absolute atomic E-state index is 12.3. The molecule has 0 atom stereocenters. The Morgan fingerprint density at radius 3 is 2.22 bits per heavy atom. The van der Waals surface area contributed by atoms with E-state index in [1.807, 2.05) is 56.1 Å². The Hall–Kier alpha value is -3.35. The van der Waals surface area contributed by atoms with E-state index in [1.54, 1.807) is 6.20 Å². The minimum atomic E-state index is 0.00629. The molecule has 0 saturated carbocycles. The Bertz CT molecular complexity index is 1390. The van der Waals surface area contributed by atoms with Crippen LogP contribution in [0.1, 0.15) is 19.4 Å². The lowest BCUT2D eigenvalue weighted by Crippen LogP contribution is -2.49. The number of hydrogen-bond donors (Lipinski definition) is 1. The normalized spacial score (nSPS) is 14.2. The highest BCUT2D eigenvalue weighted by atomic mass is 35.5. The maximum Gasteiger partial charge on any atom is 0.225 e. The number of carbonyl (C=O) groups is 1. The van der Waals surface area contributed by atoms with Crippen molar-refractivity contribution in [3.8, 4) is 22.4 Å². The van der Waals surface area contributed by atoms with Gasteiger partial charge in [-0.2, -0.15) is 0 Å². The Morgan fingerprint density at radius 1 is 0.972 bits per heavy atom. The number of fused-ring (bicyclic) bond motifs is 1. The van der Waals surface area contributed by atoms with Crippen LogP contribution in [0.5, 0.6) is 0 Å². The van der Waals surface area contributed by atoms with Gasteiger partial charge in [0.1, 0.15) is 5.65 Å². The van der Waals surface area contributed by atoms with E-state index < -0.39 is 0 Å². The molecule has 1 aliphatic heterocycles. The molecule has 36 heavy (non-hydrogen) atoms. The molecule has 186 valence electrons. The second-order valence-corrected chi connectivity index (χ2v) is 10.1. The summed E-state index contributed by atoms with van der Waals surface area (Å²) in [5, 5.41) is 11.1. The summed E-state index contributed by atoms with van der Waals surface area (Å²) in [5.41, 5.74) is 7.02. The predicted octanol–water partition coefficient (Wildman–Crippen LogP) is 5.36. The zero-order chi connectivity index (χ0) is 25.4. The number of halogens is 1. The van der Waals surface area contributed by atoms with Gasteiger partial charge >= 0.3 is 0 Å². The number of amides is 1. The lowest BCUT2D eigenvalue weighted by Gasteiger charge is -2.37. The van der Waals surface area contributed by atoms with Crippen molar-refractivity contribution in [2.45, 2.75) is 20.5 Å². The van der Waals surface area contributed by atoms with E-state index in [1.165, 1.54) is 0 Å². The third-order valence-electron chi connectivity index (χ3n) is 7.04. The highest BCUT2D eigenvalue weighted by Crippen LogP contribution is 2.42. The molecule has 1 amide bonds. The van der Waals surface area contributed by atoms with E-state index in [9.17, 15) is 9.90 Å². The van der Waals surface area contributed by atoms with Gasteiger partial charge in [0.2, 0.25) is 5.91 Å². The van der Waals surface area contributed by atoms with Crippen LogP contribution in [0.2, 0.25) is 5.02 Å². The number of aryl methyl sites for hydroxylation is 1. The SMILES string of the molecule is CC(C)C(=O)N1CCN(c2ccc(-c3c(-c4ccc(CO)cc4)c4c(Cl)ccnc4n3C)cc2)CC1. The molecular weight excluding hydrogens is 472 g/mol. The average molecular weight is 503 g/mol. The summed E-state index contributed by atoms with van der Waals surface area (Å²) in [6.45, 7) is 7.07. The summed E-state index contributed by atoms with van der Waals surface area (Å²) in [4.78, 5) is 21.3. The molecule has 3 heterocycles. The predicted molar refractivity (Wildman–Crippen MR) is 146 cm³/mol. The molecule has 1 fully saturated rings. The lowest BCUT2D eigenvalue weighted by molar-refractivity contribution is -0.134. The zero-order valence-corrected chi connectivity index (χ0v) is 21.7. The molecule has 0 spiro atoms. The zero-order valence-electron chi connectivity index (χ0n) is 20.9. The summed E-state index contributed by atoms with van der Waals surface area (Å²) >= 11 is 6.70. The Kier molecular flexibility index (Phi) is 6.73. The van der Waals surface area contributed by atoms with Gasteiger partial charge < -0.3 is 19.5 Å². The quantitative estimate of drug-likeness (QED) is 0.399. The molecule has 0 unspecified atom stereocenters. The number of hydrogen-bond acceptors (Lipinski definition) is 4. The molecule has 6 nitrogen and oxygen atoms in total. The molecule has 1 aliphatic rings. The van der Waals surface area contributed by atoms with Gasteiger partial charge in [-0.05, 0) is 34.9 Å². The number of benzene rings is 2. The minimum absolute atomic E-state index is 0.00629. The van der Waals surface area contributed by atoms with Crippen LogP contribution in [0, 0.1) is 5.92 Å². The molecular formula is C29H31ClN4O2. The number of nitrogens with zero attached hydrogens (tertiary/aromatic N) is 4. The Balaban J connectivity index is 1.50. The van der Waals surface area contributed by atoms with E-state index in [0.29, 0.717) is 5.02 Å². The summed E-state index contributed by atoms with van der Waals surface area (Å²) in [7, 11) is 2.02. The largest absolute Gasteiger partial charge is 0.392 e. The monoisotopic (exact) mass is 502 g/mol. The van der Waals surface area contributed by atoms with Gasteiger partial charge in [0.15, 0.2) is 0 Å². The first-order valence-electron chi connectivity index (χ1n) is 12.4. The van der Waals surface area contributed by atoms with Crippen molar-refractivity contribution in [3.63, 3.8) is 0 Å². The maximum atomic E-state index is 12.3. The van der Waals surface area contributed by atoms with Crippen LogP contribution >= 0.6 is 11.6 Å². The van der Waals surface area contributed by atoms with Gasteiger partial charge in [-0.25, -0.2) is 4.98 Å². The van der Waals surface area contributed by atoms with Crippen LogP contribution in [0.15, 0.2) is 60.8 Å². The average Bonchev–Trinajstić information content (AvgIpc) is 3.22. The van der Waals surface area contributed by atoms with Gasteiger partial charge in [0.25, 0.3) is 0 Å². The van der Waals surface area contributed by atoms with Crippen LogP contribution in [-0.4, -0.2) is 51.6 Å². The van der Waals surface area contributed by atoms with E-state index in [4.69, 9.17) is 11.6 Å². The first-order chi connectivity index (χ1) is 17.4. The molecule has 0 bridgehead atoms. The van der Waals surface area contributed by atoms with Crippen LogP contribution in [0.3, 0.4) is 0 Å². The number of rotatable bonds is 5. The van der Waals surface area contributed by atoms with E-state index >= 15 is 0 Å². The fraction of sp³-hybridized carbons (Fsp3) is 0.310. The van der Waals surface area contributed by atoms with Gasteiger partial charge in [-0.15, -0.1) is 0 Å². The molecule has 1 saturated heterocycles. The van der Waals surface area contributed by atoms with Crippen molar-refractivity contribution in [2.75, 3.05) is 31.1 Å². The van der Waals surface area contributed by atoms with Crippen molar-refractivity contribution in [1.29, 1.82) is 0 Å². The van der Waals surface area contributed by atoms with Gasteiger partial charge in [0.05, 0.1) is 17.3 Å². The Morgan fingerprint density at radius 2 is 1.61 bits per heavy atom. The van der Waals surface area contributed by atoms with Crippen molar-refractivity contribution in [1.82, 2.24) is 14.5 Å². The van der Waals surface area contributed by atoms with Crippen LogP contribution in [-0.2, 0) is 18.4 Å². The molecule has 2 aromatic heterocycles. The molecule has 5 rings (SSSR count). The highest BCUT2D eigenvalue weighted by Gasteiger charge is 2.24. The van der Waals surface area contributed by atoms with Crippen LogP contribution in [0.25, 0.3) is 33.4 Å². The number of piperazine rings is 1. The summed E-state index contributed by atoms with van der Waals surface area (Å²) in [6, 6.07) is 18.4. The standard InChI is InChI=1S/C29H31ClN4O2/c1-19(2)29(36)34-16-14-33(15-17-34)23-10-8-22(9-11-23)27-25(21-6-4-20(18-35)5-7-21)26-24(30)12-13-31-28(26)32(27)3/h4-13,19,35H,14-18H2,1-3H3. The molecule has 0 radical (unpaired) electrons. The van der Waals surface area contributed by atoms with Crippen molar-refractivity contribution in [3.05, 3.63) is 71.4 Å². The first-order valence-corrected chi connectivity index (χ1v) is 12.7.